The Morgan fingerprint density at radius 3 is 2.77 bits per heavy atom. The quantitative estimate of drug-likeness (QED) is 0.122. The fourth-order valence-electron chi connectivity index (χ4n) is 4.86. The third-order valence-electron chi connectivity index (χ3n) is 6.94. The lowest BCUT2D eigenvalue weighted by Gasteiger charge is -2.31. The summed E-state index contributed by atoms with van der Waals surface area (Å²) in [5.41, 5.74) is 9.79. The van der Waals surface area contributed by atoms with Gasteiger partial charge in [-0.15, -0.1) is 6.58 Å². The number of hydrogen-bond acceptors (Lipinski definition) is 8. The monoisotopic (exact) mass is 548 g/mol. The molecule has 2 heterocycles. The number of amides is 1. The van der Waals surface area contributed by atoms with Crippen LogP contribution in [0, 0.1) is 0 Å². The number of carbonyl (C=O) groups excluding carboxylic acids is 1. The van der Waals surface area contributed by atoms with Gasteiger partial charge in [0.25, 0.3) is 5.91 Å². The van der Waals surface area contributed by atoms with Gasteiger partial charge < -0.3 is 24.6 Å². The summed E-state index contributed by atoms with van der Waals surface area (Å²) in [6.07, 6.45) is 1.69. The maximum atomic E-state index is 14.0. The Morgan fingerprint density at radius 2 is 2.05 bits per heavy atom. The number of morpholine rings is 1. The van der Waals surface area contributed by atoms with Crippen molar-refractivity contribution in [2.75, 3.05) is 52.6 Å². The maximum Gasteiger partial charge on any atom is 0.252 e. The zero-order valence-electron chi connectivity index (χ0n) is 22.6. The number of nitrogens with one attached hydrogen (secondary N) is 1. The summed E-state index contributed by atoms with van der Waals surface area (Å²) in [6.45, 7) is 8.69. The smallest absolute Gasteiger partial charge is 0.252 e. The Hall–Kier alpha value is -3.89. The van der Waals surface area contributed by atoms with Gasteiger partial charge in [-0.25, -0.2) is 4.99 Å². The van der Waals surface area contributed by atoms with Gasteiger partial charge in [-0.3, -0.25) is 9.69 Å². The van der Waals surface area contributed by atoms with Gasteiger partial charge in [0.15, 0.2) is 11.6 Å². The van der Waals surface area contributed by atoms with Gasteiger partial charge in [-0.1, -0.05) is 35.5 Å². The molecular weight excluding hydrogens is 512 g/mol. The molecule has 40 heavy (non-hydrogen) atoms. The Bertz CT molecular complexity index is 1220. The SMILES string of the molecule is C=CC[C@]1(C(=O)NCCN2CCOCC2)N=C(c2ccc(OCCCO)cc2)O[C@H]1c1ccccc1CN=[N+]=[N-]. The number of aliphatic imine (C=N–C) groups is 1. The lowest BCUT2D eigenvalue weighted by molar-refractivity contribution is -0.128. The van der Waals surface area contributed by atoms with E-state index in [0.29, 0.717) is 56.5 Å². The fourth-order valence-corrected chi connectivity index (χ4v) is 4.86. The molecule has 2 aromatic carbocycles. The second-order valence-electron chi connectivity index (χ2n) is 9.58. The third kappa shape index (κ3) is 7.00. The molecule has 0 aliphatic carbocycles. The minimum absolute atomic E-state index is 0.0607. The Balaban J connectivity index is 1.65. The molecule has 1 fully saturated rings. The van der Waals surface area contributed by atoms with E-state index in [0.717, 1.165) is 24.2 Å². The molecule has 2 aromatic rings. The highest BCUT2D eigenvalue weighted by atomic mass is 16.5. The topological polar surface area (TPSA) is 141 Å². The summed E-state index contributed by atoms with van der Waals surface area (Å²) in [6, 6.07) is 14.7. The van der Waals surface area contributed by atoms with E-state index in [1.54, 1.807) is 18.2 Å². The molecular formula is C29H36N6O5. The lowest BCUT2D eigenvalue weighted by atomic mass is 9.82. The van der Waals surface area contributed by atoms with Crippen LogP contribution in [0.25, 0.3) is 10.4 Å². The van der Waals surface area contributed by atoms with Crippen LogP contribution in [-0.4, -0.2) is 80.0 Å². The second kappa shape index (κ2) is 14.5. The van der Waals surface area contributed by atoms with Crippen LogP contribution < -0.4 is 10.1 Å². The van der Waals surface area contributed by atoms with Gasteiger partial charge in [0.05, 0.1) is 26.4 Å². The minimum atomic E-state index is -1.31. The number of carbonyl (C=O) groups is 1. The average molecular weight is 549 g/mol. The van der Waals surface area contributed by atoms with Crippen LogP contribution >= 0.6 is 0 Å². The molecule has 2 aliphatic heterocycles. The van der Waals surface area contributed by atoms with Crippen LogP contribution in [0.2, 0.25) is 0 Å². The first-order valence-electron chi connectivity index (χ1n) is 13.5. The van der Waals surface area contributed by atoms with Crippen molar-refractivity contribution in [2.45, 2.75) is 31.0 Å². The van der Waals surface area contributed by atoms with E-state index in [4.69, 9.17) is 29.8 Å². The highest BCUT2D eigenvalue weighted by Crippen LogP contribution is 2.44. The predicted octanol–water partition coefficient (Wildman–Crippen LogP) is 3.54. The number of ether oxygens (including phenoxy) is 3. The molecule has 2 N–H and O–H groups in total. The van der Waals surface area contributed by atoms with E-state index in [-0.39, 0.29) is 25.5 Å². The first-order chi connectivity index (χ1) is 19.6. The molecule has 0 aromatic heterocycles. The van der Waals surface area contributed by atoms with Crippen molar-refractivity contribution in [1.82, 2.24) is 10.2 Å². The molecule has 212 valence electrons. The van der Waals surface area contributed by atoms with E-state index >= 15 is 0 Å². The van der Waals surface area contributed by atoms with Crippen molar-refractivity contribution in [2.24, 2.45) is 10.1 Å². The maximum absolute atomic E-state index is 14.0. The first kappa shape index (κ1) is 29.1. The van der Waals surface area contributed by atoms with Crippen molar-refractivity contribution in [3.63, 3.8) is 0 Å². The molecule has 2 atom stereocenters. The van der Waals surface area contributed by atoms with E-state index in [9.17, 15) is 4.79 Å². The molecule has 0 spiro atoms. The van der Waals surface area contributed by atoms with E-state index < -0.39 is 11.6 Å². The standard InChI is InChI=1S/C29H36N6O5/c1-2-12-29(28(37)31-13-14-35-15-19-38-20-16-35)26(25-7-4-3-6-23(25)21-32-34-30)40-27(33-29)22-8-10-24(11-9-22)39-18-5-17-36/h2-4,6-11,26,36H,1,5,12-21H2,(H,31,37)/t26-,29-/m0/s1. The van der Waals surface area contributed by atoms with Gasteiger partial charge in [0.2, 0.25) is 5.90 Å². The van der Waals surface area contributed by atoms with Gasteiger partial charge in [-0.2, -0.15) is 0 Å². The lowest BCUT2D eigenvalue weighted by Crippen LogP contribution is -2.50. The Labute approximate surface area is 234 Å². The number of rotatable bonds is 14. The van der Waals surface area contributed by atoms with Crippen LogP contribution in [-0.2, 0) is 20.8 Å². The zero-order valence-corrected chi connectivity index (χ0v) is 22.6. The molecule has 0 saturated carbocycles. The van der Waals surface area contributed by atoms with Crippen LogP contribution in [0.4, 0.5) is 0 Å². The molecule has 11 nitrogen and oxygen atoms in total. The van der Waals surface area contributed by atoms with E-state index in [1.807, 2.05) is 36.4 Å². The summed E-state index contributed by atoms with van der Waals surface area (Å²) in [5, 5.41) is 15.8. The molecule has 0 unspecified atom stereocenters. The highest BCUT2D eigenvalue weighted by Gasteiger charge is 2.52. The van der Waals surface area contributed by atoms with Gasteiger partial charge in [0.1, 0.15) is 5.75 Å². The van der Waals surface area contributed by atoms with Crippen LogP contribution in [0.3, 0.4) is 0 Å². The van der Waals surface area contributed by atoms with Crippen molar-refractivity contribution >= 4 is 11.8 Å². The van der Waals surface area contributed by atoms with E-state index in [2.05, 4.69) is 26.8 Å². The summed E-state index contributed by atoms with van der Waals surface area (Å²) in [4.78, 5) is 24.1. The predicted molar refractivity (Wildman–Crippen MR) is 151 cm³/mol. The zero-order chi connectivity index (χ0) is 28.2. The normalized spacial score (nSPS) is 20.6. The van der Waals surface area contributed by atoms with Crippen molar-refractivity contribution < 1.29 is 24.1 Å². The first-order valence-corrected chi connectivity index (χ1v) is 13.5. The molecule has 11 heteroatoms. The number of nitrogens with zero attached hydrogens (tertiary/aromatic N) is 5. The number of azide groups is 1. The Morgan fingerprint density at radius 1 is 1.27 bits per heavy atom. The Kier molecular flexibility index (Phi) is 10.5. The molecule has 1 saturated heterocycles. The molecule has 0 radical (unpaired) electrons. The van der Waals surface area contributed by atoms with Crippen LogP contribution in [0.5, 0.6) is 5.75 Å². The molecule has 0 bridgehead atoms. The van der Waals surface area contributed by atoms with Crippen molar-refractivity contribution in [3.8, 4) is 5.75 Å². The average Bonchev–Trinajstić information content (AvgIpc) is 3.38. The number of benzene rings is 2. The van der Waals surface area contributed by atoms with Gasteiger partial charge in [-0.05, 0) is 40.9 Å². The van der Waals surface area contributed by atoms with Crippen LogP contribution in [0.15, 0.2) is 71.3 Å². The fraction of sp³-hybridized carbons (Fsp3) is 0.448. The molecule has 1 amide bonds. The minimum Gasteiger partial charge on any atom is -0.494 e. The summed E-state index contributed by atoms with van der Waals surface area (Å²) in [5.74, 6) is 0.726. The number of hydrogen-bond donors (Lipinski definition) is 2. The summed E-state index contributed by atoms with van der Waals surface area (Å²) in [7, 11) is 0. The molecule has 4 rings (SSSR count). The van der Waals surface area contributed by atoms with Gasteiger partial charge in [0, 0.05) is 56.1 Å². The second-order valence-corrected chi connectivity index (χ2v) is 9.58. The van der Waals surface area contributed by atoms with Crippen molar-refractivity contribution in [3.05, 3.63) is 88.3 Å². The number of aliphatic hydroxyl groups excluding tert-OH is 1. The highest BCUT2D eigenvalue weighted by molar-refractivity contribution is 6.01. The third-order valence-corrected chi connectivity index (χ3v) is 6.94. The van der Waals surface area contributed by atoms with Crippen LogP contribution in [0.1, 0.15) is 35.6 Å². The van der Waals surface area contributed by atoms with E-state index in [1.165, 1.54) is 0 Å². The number of aliphatic hydroxyl groups is 1. The molecule has 2 aliphatic rings. The van der Waals surface area contributed by atoms with Gasteiger partial charge >= 0.3 is 0 Å². The summed E-state index contributed by atoms with van der Waals surface area (Å²) < 4.78 is 17.6. The van der Waals surface area contributed by atoms with Crippen molar-refractivity contribution in [1.29, 1.82) is 0 Å². The largest absolute Gasteiger partial charge is 0.494 e. The summed E-state index contributed by atoms with van der Waals surface area (Å²) >= 11 is 0.